The van der Waals surface area contributed by atoms with Gasteiger partial charge in [0.2, 0.25) is 0 Å². The minimum atomic E-state index is 0. The van der Waals surface area contributed by atoms with E-state index in [1.54, 1.807) is 0 Å². The number of aliphatic hydroxyl groups excluding tert-OH is 1. The molecule has 3 N–H and O–H groups in total. The second kappa shape index (κ2) is 11.9. The maximum absolute atomic E-state index is 8.90. The van der Waals surface area contributed by atoms with E-state index in [0.717, 1.165) is 50.0 Å². The smallest absolute Gasteiger partial charge is 0.191 e. The first-order valence-corrected chi connectivity index (χ1v) is 8.71. The zero-order valence-corrected chi connectivity index (χ0v) is 17.3. The Labute approximate surface area is 166 Å². The standard InChI is InChI=1S/C17H27ClN4O.HI/c1-2-19-17(20-9-12-23)21-16-7-10-22(11-8-16)13-14-3-5-15(18)6-4-14;/h3-6,16,23H,2,7-13H2,1H3,(H2,19,20,21);1H. The maximum atomic E-state index is 8.90. The Balaban J connectivity index is 0.00000288. The molecule has 0 aromatic heterocycles. The molecule has 7 heteroatoms. The fraction of sp³-hybridized carbons (Fsp3) is 0.588. The number of piperidine rings is 1. The molecule has 5 nitrogen and oxygen atoms in total. The van der Waals surface area contributed by atoms with Crippen LogP contribution in [-0.2, 0) is 6.54 Å². The van der Waals surface area contributed by atoms with Crippen molar-refractivity contribution in [3.05, 3.63) is 34.9 Å². The second-order valence-corrected chi connectivity index (χ2v) is 6.24. The molecule has 1 aromatic carbocycles. The molecule has 0 amide bonds. The van der Waals surface area contributed by atoms with E-state index in [9.17, 15) is 0 Å². The monoisotopic (exact) mass is 466 g/mol. The van der Waals surface area contributed by atoms with Crippen LogP contribution < -0.4 is 10.6 Å². The van der Waals surface area contributed by atoms with E-state index in [1.807, 2.05) is 19.1 Å². The predicted molar refractivity (Wildman–Crippen MR) is 111 cm³/mol. The average Bonchev–Trinajstić information content (AvgIpc) is 2.57. The van der Waals surface area contributed by atoms with E-state index < -0.39 is 0 Å². The first-order valence-electron chi connectivity index (χ1n) is 8.33. The van der Waals surface area contributed by atoms with Gasteiger partial charge in [-0.2, -0.15) is 0 Å². The number of hydrogen-bond donors (Lipinski definition) is 3. The summed E-state index contributed by atoms with van der Waals surface area (Å²) < 4.78 is 0. The van der Waals surface area contributed by atoms with E-state index in [0.29, 0.717) is 12.6 Å². The van der Waals surface area contributed by atoms with E-state index in [1.165, 1.54) is 5.56 Å². The summed E-state index contributed by atoms with van der Waals surface area (Å²) in [6.45, 7) is 6.50. The normalized spacial score (nSPS) is 16.5. The van der Waals surface area contributed by atoms with Gasteiger partial charge in [-0.3, -0.25) is 9.89 Å². The van der Waals surface area contributed by atoms with Crippen LogP contribution in [0.4, 0.5) is 0 Å². The number of nitrogens with zero attached hydrogens (tertiary/aromatic N) is 2. The first-order chi connectivity index (χ1) is 11.2. The fourth-order valence-corrected chi connectivity index (χ4v) is 2.88. The van der Waals surface area contributed by atoms with Gasteiger partial charge in [0.05, 0.1) is 13.2 Å². The summed E-state index contributed by atoms with van der Waals surface area (Å²) in [6.07, 6.45) is 2.19. The van der Waals surface area contributed by atoms with E-state index in [4.69, 9.17) is 16.7 Å². The number of aliphatic imine (C=N–C) groups is 1. The first kappa shape index (κ1) is 21.5. The summed E-state index contributed by atoms with van der Waals surface area (Å²) in [7, 11) is 0. The van der Waals surface area contributed by atoms with Gasteiger partial charge in [0.1, 0.15) is 0 Å². The number of aliphatic hydroxyl groups is 1. The molecule has 1 fully saturated rings. The molecule has 0 aliphatic carbocycles. The quantitative estimate of drug-likeness (QED) is 0.342. The van der Waals surface area contributed by atoms with Gasteiger partial charge in [0.25, 0.3) is 0 Å². The minimum Gasteiger partial charge on any atom is -0.394 e. The van der Waals surface area contributed by atoms with E-state index in [-0.39, 0.29) is 30.6 Å². The molecule has 1 aliphatic rings. The summed E-state index contributed by atoms with van der Waals surface area (Å²) >= 11 is 5.93. The molecule has 24 heavy (non-hydrogen) atoms. The maximum Gasteiger partial charge on any atom is 0.191 e. The van der Waals surface area contributed by atoms with Crippen LogP contribution in [0.15, 0.2) is 29.3 Å². The third-order valence-electron chi connectivity index (χ3n) is 3.96. The lowest BCUT2D eigenvalue weighted by atomic mass is 10.0. The molecule has 1 saturated heterocycles. The van der Waals surface area contributed by atoms with Crippen LogP contribution in [0, 0.1) is 0 Å². The van der Waals surface area contributed by atoms with Crippen LogP contribution in [0.2, 0.25) is 5.02 Å². The highest BCUT2D eigenvalue weighted by atomic mass is 127. The third kappa shape index (κ3) is 7.55. The van der Waals surface area contributed by atoms with Gasteiger partial charge < -0.3 is 15.7 Å². The molecule has 0 radical (unpaired) electrons. The predicted octanol–water partition coefficient (Wildman–Crippen LogP) is 2.47. The summed E-state index contributed by atoms with van der Waals surface area (Å²) in [5, 5.41) is 16.4. The molecule has 0 spiro atoms. The van der Waals surface area contributed by atoms with Crippen molar-refractivity contribution in [2.45, 2.75) is 32.4 Å². The molecular formula is C17H28ClIN4O. The van der Waals surface area contributed by atoms with Gasteiger partial charge in [-0.25, -0.2) is 0 Å². The largest absolute Gasteiger partial charge is 0.394 e. The fourth-order valence-electron chi connectivity index (χ4n) is 2.76. The minimum absolute atomic E-state index is 0. The summed E-state index contributed by atoms with van der Waals surface area (Å²) in [4.78, 5) is 6.81. The molecule has 1 heterocycles. The van der Waals surface area contributed by atoms with Crippen LogP contribution in [0.25, 0.3) is 0 Å². The van der Waals surface area contributed by atoms with Crippen LogP contribution >= 0.6 is 35.6 Å². The Morgan fingerprint density at radius 1 is 1.29 bits per heavy atom. The molecule has 1 aliphatic heterocycles. The lowest BCUT2D eigenvalue weighted by Gasteiger charge is -2.33. The van der Waals surface area contributed by atoms with Crippen molar-refractivity contribution < 1.29 is 5.11 Å². The van der Waals surface area contributed by atoms with Crippen molar-refractivity contribution in [1.29, 1.82) is 0 Å². The SMILES string of the molecule is CCNC(=NCCO)NC1CCN(Cc2ccc(Cl)cc2)CC1.I. The van der Waals surface area contributed by atoms with E-state index >= 15 is 0 Å². The zero-order valence-electron chi connectivity index (χ0n) is 14.2. The summed E-state index contributed by atoms with van der Waals surface area (Å²) in [5.41, 5.74) is 1.30. The lowest BCUT2D eigenvalue weighted by Crippen LogP contribution is -2.48. The number of rotatable bonds is 6. The highest BCUT2D eigenvalue weighted by Crippen LogP contribution is 2.15. The van der Waals surface area contributed by atoms with Crippen LogP contribution in [-0.4, -0.2) is 54.8 Å². The Bertz CT molecular complexity index is 490. The third-order valence-corrected chi connectivity index (χ3v) is 4.21. The number of hydrogen-bond acceptors (Lipinski definition) is 3. The Morgan fingerprint density at radius 3 is 2.54 bits per heavy atom. The van der Waals surface area contributed by atoms with Gasteiger partial charge in [0, 0.05) is 37.2 Å². The molecule has 2 rings (SSSR count). The molecule has 0 unspecified atom stereocenters. The zero-order chi connectivity index (χ0) is 16.5. The highest BCUT2D eigenvalue weighted by molar-refractivity contribution is 14.0. The molecule has 0 atom stereocenters. The summed E-state index contributed by atoms with van der Waals surface area (Å²) in [5.74, 6) is 0.803. The van der Waals surface area contributed by atoms with Crippen molar-refractivity contribution in [2.75, 3.05) is 32.8 Å². The molecule has 136 valence electrons. The van der Waals surface area contributed by atoms with Gasteiger partial charge in [-0.15, -0.1) is 24.0 Å². The number of guanidine groups is 1. The highest BCUT2D eigenvalue weighted by Gasteiger charge is 2.19. The van der Waals surface area contributed by atoms with Crippen LogP contribution in [0.1, 0.15) is 25.3 Å². The van der Waals surface area contributed by atoms with Crippen molar-refractivity contribution in [2.24, 2.45) is 4.99 Å². The summed E-state index contributed by atoms with van der Waals surface area (Å²) in [6, 6.07) is 8.53. The Hall–Kier alpha value is -0.570. The number of nitrogens with one attached hydrogen (secondary N) is 2. The number of likely N-dealkylation sites (tertiary alicyclic amines) is 1. The Kier molecular flexibility index (Phi) is 10.6. The lowest BCUT2D eigenvalue weighted by molar-refractivity contribution is 0.198. The molecular weight excluding hydrogens is 439 g/mol. The van der Waals surface area contributed by atoms with Crippen molar-refractivity contribution >= 4 is 41.5 Å². The van der Waals surface area contributed by atoms with Gasteiger partial charge in [0.15, 0.2) is 5.96 Å². The molecule has 0 saturated carbocycles. The number of benzene rings is 1. The van der Waals surface area contributed by atoms with E-state index in [2.05, 4.69) is 32.7 Å². The van der Waals surface area contributed by atoms with Gasteiger partial charge in [-0.05, 0) is 37.5 Å². The average molecular weight is 467 g/mol. The molecule has 1 aromatic rings. The van der Waals surface area contributed by atoms with Crippen molar-refractivity contribution in [1.82, 2.24) is 15.5 Å². The Morgan fingerprint density at radius 2 is 1.96 bits per heavy atom. The second-order valence-electron chi connectivity index (χ2n) is 5.81. The van der Waals surface area contributed by atoms with Crippen LogP contribution in [0.3, 0.4) is 0 Å². The van der Waals surface area contributed by atoms with Crippen molar-refractivity contribution in [3.63, 3.8) is 0 Å². The molecule has 0 bridgehead atoms. The number of halogens is 2. The van der Waals surface area contributed by atoms with Crippen LogP contribution in [0.5, 0.6) is 0 Å². The van der Waals surface area contributed by atoms with Gasteiger partial charge >= 0.3 is 0 Å². The van der Waals surface area contributed by atoms with Crippen molar-refractivity contribution in [3.8, 4) is 0 Å². The van der Waals surface area contributed by atoms with Gasteiger partial charge in [-0.1, -0.05) is 23.7 Å². The topological polar surface area (TPSA) is 59.9 Å².